The van der Waals surface area contributed by atoms with Gasteiger partial charge >= 0.3 is 0 Å². The summed E-state index contributed by atoms with van der Waals surface area (Å²) in [7, 11) is 0. The largest absolute Gasteiger partial charge is 0.302 e. The van der Waals surface area contributed by atoms with Crippen LogP contribution in [0.2, 0.25) is 0 Å². The van der Waals surface area contributed by atoms with Gasteiger partial charge in [-0.1, -0.05) is 6.42 Å². The maximum absolute atomic E-state index is 5.61. The van der Waals surface area contributed by atoms with Crippen molar-refractivity contribution in [1.82, 2.24) is 4.90 Å². The van der Waals surface area contributed by atoms with Crippen molar-refractivity contribution >= 4 is 23.4 Å². The van der Waals surface area contributed by atoms with E-state index in [0.29, 0.717) is 0 Å². The summed E-state index contributed by atoms with van der Waals surface area (Å²) in [6.07, 6.45) is 3.81. The number of halogens is 1. The lowest BCUT2D eigenvalue weighted by atomic mass is 10.2. The third-order valence-electron chi connectivity index (χ3n) is 2.21. The second-order valence-corrected chi connectivity index (χ2v) is 4.81. The zero-order valence-corrected chi connectivity index (χ0v) is 9.17. The van der Waals surface area contributed by atoms with Crippen LogP contribution in [-0.4, -0.2) is 41.9 Å². The fourth-order valence-corrected chi connectivity index (χ4v) is 2.60. The summed E-state index contributed by atoms with van der Waals surface area (Å²) in [5.74, 6) is 3.49. The molecule has 0 N–H and O–H groups in total. The summed E-state index contributed by atoms with van der Waals surface area (Å²) in [6.45, 7) is 3.88. The van der Waals surface area contributed by atoms with Gasteiger partial charge in [0.2, 0.25) is 0 Å². The van der Waals surface area contributed by atoms with Gasteiger partial charge in [-0.05, 0) is 19.4 Å². The highest BCUT2D eigenvalue weighted by atomic mass is 35.5. The lowest BCUT2D eigenvalue weighted by molar-refractivity contribution is 0.295. The molecule has 0 amide bonds. The Kier molecular flexibility index (Phi) is 6.27. The van der Waals surface area contributed by atoms with Crippen molar-refractivity contribution < 1.29 is 0 Å². The van der Waals surface area contributed by atoms with Crippen LogP contribution in [0, 0.1) is 0 Å². The summed E-state index contributed by atoms with van der Waals surface area (Å²) in [5.41, 5.74) is 0. The van der Waals surface area contributed by atoms with Crippen LogP contribution < -0.4 is 0 Å². The van der Waals surface area contributed by atoms with E-state index < -0.39 is 0 Å². The minimum Gasteiger partial charge on any atom is -0.302 e. The second-order valence-electron chi connectivity index (χ2n) is 3.20. The summed E-state index contributed by atoms with van der Waals surface area (Å²) in [4.78, 5) is 2.57. The first-order valence-corrected chi connectivity index (χ1v) is 6.48. The molecule has 0 atom stereocenters. The quantitative estimate of drug-likeness (QED) is 0.504. The van der Waals surface area contributed by atoms with E-state index in [-0.39, 0.29) is 0 Å². The predicted octanol–water partition coefficient (Wildman–Crippen LogP) is 2.44. The average Bonchev–Trinajstić information content (AvgIpc) is 2.14. The number of hydrogen-bond acceptors (Lipinski definition) is 2. The predicted molar refractivity (Wildman–Crippen MR) is 58.3 cm³/mol. The van der Waals surface area contributed by atoms with Crippen LogP contribution in [0.4, 0.5) is 0 Å². The van der Waals surface area contributed by atoms with Crippen molar-refractivity contribution in [2.45, 2.75) is 19.3 Å². The Hall–Kier alpha value is 0.600. The first-order valence-electron chi connectivity index (χ1n) is 4.79. The Morgan fingerprint density at radius 3 is 2.50 bits per heavy atom. The molecule has 0 bridgehead atoms. The second kappa shape index (κ2) is 7.05. The minimum atomic E-state index is 0.829. The molecule has 1 nitrogen and oxygen atoms in total. The van der Waals surface area contributed by atoms with Crippen molar-refractivity contribution in [2.24, 2.45) is 0 Å². The molecule has 0 aliphatic carbocycles. The highest BCUT2D eigenvalue weighted by Gasteiger charge is 2.08. The molecule has 3 heteroatoms. The van der Waals surface area contributed by atoms with Crippen molar-refractivity contribution in [1.29, 1.82) is 0 Å². The van der Waals surface area contributed by atoms with Crippen LogP contribution >= 0.6 is 23.4 Å². The molecule has 0 spiro atoms. The third-order valence-corrected chi connectivity index (χ3v) is 3.42. The zero-order chi connectivity index (χ0) is 8.65. The SMILES string of the molecule is ClCCCCCN1CCSCC1. The molecular formula is C9H18ClNS. The summed E-state index contributed by atoms with van der Waals surface area (Å²) in [5, 5.41) is 0. The van der Waals surface area contributed by atoms with Crippen LogP contribution in [0.1, 0.15) is 19.3 Å². The van der Waals surface area contributed by atoms with E-state index in [0.717, 1.165) is 5.88 Å². The van der Waals surface area contributed by atoms with Gasteiger partial charge in [-0.2, -0.15) is 11.8 Å². The molecule has 0 aromatic heterocycles. The van der Waals surface area contributed by atoms with E-state index in [9.17, 15) is 0 Å². The van der Waals surface area contributed by atoms with Crippen LogP contribution in [0.25, 0.3) is 0 Å². The van der Waals surface area contributed by atoms with Gasteiger partial charge in [0.25, 0.3) is 0 Å². The van der Waals surface area contributed by atoms with Crippen molar-refractivity contribution in [2.75, 3.05) is 37.0 Å². The van der Waals surface area contributed by atoms with E-state index in [2.05, 4.69) is 16.7 Å². The van der Waals surface area contributed by atoms with Gasteiger partial charge in [0.05, 0.1) is 0 Å². The number of rotatable bonds is 5. The van der Waals surface area contributed by atoms with E-state index >= 15 is 0 Å². The van der Waals surface area contributed by atoms with Crippen LogP contribution in [0.5, 0.6) is 0 Å². The molecule has 1 saturated heterocycles. The maximum Gasteiger partial charge on any atom is 0.0223 e. The van der Waals surface area contributed by atoms with Crippen LogP contribution in [0.3, 0.4) is 0 Å². The Labute approximate surface area is 84.8 Å². The average molecular weight is 208 g/mol. The van der Waals surface area contributed by atoms with E-state index in [1.165, 1.54) is 50.4 Å². The van der Waals surface area contributed by atoms with Gasteiger partial charge in [-0.15, -0.1) is 11.6 Å². The molecule has 1 aliphatic rings. The number of thioether (sulfide) groups is 1. The first kappa shape index (κ1) is 10.7. The topological polar surface area (TPSA) is 3.24 Å². The lowest BCUT2D eigenvalue weighted by Gasteiger charge is -2.25. The third kappa shape index (κ3) is 4.58. The lowest BCUT2D eigenvalue weighted by Crippen LogP contribution is -2.33. The monoisotopic (exact) mass is 207 g/mol. The van der Waals surface area contributed by atoms with Gasteiger partial charge in [0.1, 0.15) is 0 Å². The molecule has 1 heterocycles. The van der Waals surface area contributed by atoms with Gasteiger partial charge in [0.15, 0.2) is 0 Å². The first-order chi connectivity index (χ1) is 5.93. The van der Waals surface area contributed by atoms with Crippen molar-refractivity contribution in [3.05, 3.63) is 0 Å². The Morgan fingerprint density at radius 2 is 1.83 bits per heavy atom. The van der Waals surface area contributed by atoms with Gasteiger partial charge in [0, 0.05) is 30.5 Å². The minimum absolute atomic E-state index is 0.829. The van der Waals surface area contributed by atoms with E-state index in [1.54, 1.807) is 0 Å². The van der Waals surface area contributed by atoms with Crippen molar-refractivity contribution in [3.63, 3.8) is 0 Å². The van der Waals surface area contributed by atoms with Gasteiger partial charge < -0.3 is 4.90 Å². The maximum atomic E-state index is 5.61. The Bertz CT molecular complexity index is 105. The number of unbranched alkanes of at least 4 members (excludes halogenated alkanes) is 2. The highest BCUT2D eigenvalue weighted by Crippen LogP contribution is 2.10. The zero-order valence-electron chi connectivity index (χ0n) is 7.60. The van der Waals surface area contributed by atoms with Crippen LogP contribution in [0.15, 0.2) is 0 Å². The molecule has 0 unspecified atom stereocenters. The smallest absolute Gasteiger partial charge is 0.0223 e. The molecule has 1 fully saturated rings. The van der Waals surface area contributed by atoms with Crippen molar-refractivity contribution in [3.8, 4) is 0 Å². The molecule has 12 heavy (non-hydrogen) atoms. The van der Waals surface area contributed by atoms with Crippen LogP contribution in [-0.2, 0) is 0 Å². The highest BCUT2D eigenvalue weighted by molar-refractivity contribution is 7.99. The Balaban J connectivity index is 1.91. The molecule has 0 aromatic carbocycles. The molecule has 72 valence electrons. The molecule has 0 saturated carbocycles. The normalized spacial score (nSPS) is 19.8. The standard InChI is InChI=1S/C9H18ClNS/c10-4-2-1-3-5-11-6-8-12-9-7-11/h1-9H2. The summed E-state index contributed by atoms with van der Waals surface area (Å²) in [6, 6.07) is 0. The van der Waals surface area contributed by atoms with Gasteiger partial charge in [-0.3, -0.25) is 0 Å². The number of alkyl halides is 1. The fraction of sp³-hybridized carbons (Fsp3) is 1.00. The van der Waals surface area contributed by atoms with E-state index in [4.69, 9.17) is 11.6 Å². The Morgan fingerprint density at radius 1 is 1.08 bits per heavy atom. The fourth-order valence-electron chi connectivity index (χ4n) is 1.43. The number of hydrogen-bond donors (Lipinski definition) is 0. The van der Waals surface area contributed by atoms with Gasteiger partial charge in [-0.25, -0.2) is 0 Å². The summed E-state index contributed by atoms with van der Waals surface area (Å²) >= 11 is 7.69. The molecule has 1 rings (SSSR count). The summed E-state index contributed by atoms with van der Waals surface area (Å²) < 4.78 is 0. The number of nitrogens with zero attached hydrogens (tertiary/aromatic N) is 1. The molecular weight excluding hydrogens is 190 g/mol. The molecule has 0 radical (unpaired) electrons. The molecule has 1 aliphatic heterocycles. The molecule has 0 aromatic rings. The van der Waals surface area contributed by atoms with E-state index in [1.807, 2.05) is 0 Å².